The molecule has 0 radical (unpaired) electrons. The molecule has 0 unspecified atom stereocenters. The van der Waals surface area contributed by atoms with Crippen molar-refractivity contribution in [2.75, 3.05) is 19.8 Å². The van der Waals surface area contributed by atoms with Crippen LogP contribution in [0.2, 0.25) is 0 Å². The molecule has 8 heteroatoms. The van der Waals surface area contributed by atoms with E-state index < -0.39 is 11.9 Å². The van der Waals surface area contributed by atoms with E-state index in [-0.39, 0.29) is 18.6 Å². The molecule has 2 aromatic rings. The van der Waals surface area contributed by atoms with E-state index in [1.165, 1.54) is 0 Å². The Bertz CT molecular complexity index is 1090. The highest BCUT2D eigenvalue weighted by molar-refractivity contribution is 6.00. The summed E-state index contributed by atoms with van der Waals surface area (Å²) < 4.78 is 17.8. The topological polar surface area (TPSA) is 119 Å². The molecule has 200 valence electrons. The molecule has 0 saturated carbocycles. The minimum Gasteiger partial charge on any atom is -0.493 e. The summed E-state index contributed by atoms with van der Waals surface area (Å²) in [5.41, 5.74) is 3.26. The Balaban J connectivity index is 1.47. The van der Waals surface area contributed by atoms with Gasteiger partial charge in [-0.15, -0.1) is 0 Å². The molecule has 1 heterocycles. The number of carbonyl (C=O) groups excluding carboxylic acids is 1. The molecule has 2 N–H and O–H groups in total. The van der Waals surface area contributed by atoms with Crippen LogP contribution in [-0.4, -0.2) is 47.8 Å². The number of Topliss-reactive ketones (excluding diaryl/α,β-unsaturated/α-hetero) is 1. The molecule has 0 bridgehead atoms. The molecule has 8 nitrogen and oxygen atoms in total. The lowest BCUT2D eigenvalue weighted by atomic mass is 9.98. The number of hydrogen-bond acceptors (Lipinski definition) is 6. The van der Waals surface area contributed by atoms with Gasteiger partial charge in [-0.3, -0.25) is 14.4 Å². The summed E-state index contributed by atoms with van der Waals surface area (Å²) in [7, 11) is 0. The molecule has 2 aromatic carbocycles. The standard InChI is InChI=1S/C29H36O8/c1-2-6-23-26(12-10-22-24(30)15-18-37-29(22)23)36-17-5-3-4-16-35-25-11-7-20(8-13-27(31)32)19-21(25)9-14-28(33)34/h7,10-12,19H,2-6,8-9,13-18H2,1H3,(H,31,32)(H,33,34). The van der Waals surface area contributed by atoms with Gasteiger partial charge in [-0.25, -0.2) is 0 Å². The van der Waals surface area contributed by atoms with Crippen molar-refractivity contribution < 1.29 is 38.8 Å². The van der Waals surface area contributed by atoms with E-state index in [2.05, 4.69) is 6.92 Å². The average Bonchev–Trinajstić information content (AvgIpc) is 2.87. The van der Waals surface area contributed by atoms with Crippen LogP contribution in [-0.2, 0) is 28.9 Å². The van der Waals surface area contributed by atoms with Gasteiger partial charge in [0, 0.05) is 24.8 Å². The van der Waals surface area contributed by atoms with Gasteiger partial charge in [0.15, 0.2) is 5.78 Å². The molecule has 0 fully saturated rings. The number of aryl methyl sites for hydroxylation is 2. The highest BCUT2D eigenvalue weighted by atomic mass is 16.5. The number of ketones is 1. The number of rotatable bonds is 16. The monoisotopic (exact) mass is 512 g/mol. The zero-order chi connectivity index (χ0) is 26.6. The predicted molar refractivity (Wildman–Crippen MR) is 138 cm³/mol. The second kappa shape index (κ2) is 14.3. The maximum Gasteiger partial charge on any atom is 0.303 e. The third kappa shape index (κ3) is 8.51. The Morgan fingerprint density at radius 2 is 1.57 bits per heavy atom. The van der Waals surface area contributed by atoms with Crippen LogP contribution < -0.4 is 14.2 Å². The summed E-state index contributed by atoms with van der Waals surface area (Å²) in [4.78, 5) is 34.1. The van der Waals surface area contributed by atoms with E-state index in [0.717, 1.165) is 54.5 Å². The van der Waals surface area contributed by atoms with Gasteiger partial charge in [0.2, 0.25) is 0 Å². The number of fused-ring (bicyclic) bond motifs is 1. The summed E-state index contributed by atoms with van der Waals surface area (Å²) >= 11 is 0. The number of aliphatic carboxylic acids is 2. The lowest BCUT2D eigenvalue weighted by molar-refractivity contribution is -0.137. The fraction of sp³-hybridized carbons (Fsp3) is 0.483. The van der Waals surface area contributed by atoms with Gasteiger partial charge in [-0.05, 0) is 67.9 Å². The van der Waals surface area contributed by atoms with Crippen molar-refractivity contribution >= 4 is 17.7 Å². The Hall–Kier alpha value is -3.55. The van der Waals surface area contributed by atoms with E-state index in [1.807, 2.05) is 18.2 Å². The molecule has 3 rings (SSSR count). The molecule has 1 aliphatic heterocycles. The number of carbonyl (C=O) groups is 3. The number of hydrogen-bond donors (Lipinski definition) is 2. The SMILES string of the molecule is CCCc1c(OCCCCCOc2ccc(CCC(=O)O)cc2CCC(=O)O)ccc2c1OCCC2=O. The molecular weight excluding hydrogens is 476 g/mol. The van der Waals surface area contributed by atoms with Crippen LogP contribution >= 0.6 is 0 Å². The first-order chi connectivity index (χ1) is 17.9. The first kappa shape index (κ1) is 28.0. The predicted octanol–water partition coefficient (Wildman–Crippen LogP) is 5.27. The van der Waals surface area contributed by atoms with Crippen LogP contribution in [0.1, 0.15) is 78.9 Å². The molecule has 0 saturated heterocycles. The van der Waals surface area contributed by atoms with Crippen LogP contribution in [0.25, 0.3) is 0 Å². The van der Waals surface area contributed by atoms with E-state index in [9.17, 15) is 14.4 Å². The quantitative estimate of drug-likeness (QED) is 0.292. The molecule has 0 amide bonds. The lowest BCUT2D eigenvalue weighted by Crippen LogP contribution is -2.17. The zero-order valence-electron chi connectivity index (χ0n) is 21.4. The summed E-state index contributed by atoms with van der Waals surface area (Å²) in [6, 6.07) is 9.15. The van der Waals surface area contributed by atoms with Crippen molar-refractivity contribution in [3.8, 4) is 17.2 Å². The first-order valence-electron chi connectivity index (χ1n) is 13.0. The molecule has 1 aliphatic rings. The van der Waals surface area contributed by atoms with Gasteiger partial charge in [0.05, 0.1) is 25.4 Å². The number of carboxylic acid groups (broad SMARTS) is 2. The van der Waals surface area contributed by atoms with Gasteiger partial charge in [-0.1, -0.05) is 25.5 Å². The molecule has 0 atom stereocenters. The van der Waals surface area contributed by atoms with Gasteiger partial charge in [0.1, 0.15) is 17.2 Å². The maximum atomic E-state index is 12.2. The minimum atomic E-state index is -0.888. The van der Waals surface area contributed by atoms with Crippen LogP contribution in [0.3, 0.4) is 0 Å². The summed E-state index contributed by atoms with van der Waals surface area (Å²) in [5, 5.41) is 18.0. The van der Waals surface area contributed by atoms with Crippen molar-refractivity contribution in [2.24, 2.45) is 0 Å². The summed E-state index contributed by atoms with van der Waals surface area (Å²) in [6.45, 7) is 3.54. The van der Waals surface area contributed by atoms with Crippen molar-refractivity contribution in [3.05, 3.63) is 52.6 Å². The van der Waals surface area contributed by atoms with E-state index >= 15 is 0 Å². The first-order valence-corrected chi connectivity index (χ1v) is 13.0. The van der Waals surface area contributed by atoms with E-state index in [4.69, 9.17) is 24.4 Å². The molecule has 0 aromatic heterocycles. The van der Waals surface area contributed by atoms with Crippen molar-refractivity contribution in [1.29, 1.82) is 0 Å². The second-order valence-electron chi connectivity index (χ2n) is 9.18. The number of unbranched alkanes of at least 4 members (excludes halogenated alkanes) is 2. The normalized spacial score (nSPS) is 12.5. The van der Waals surface area contributed by atoms with Crippen molar-refractivity contribution in [2.45, 2.75) is 71.1 Å². The number of ether oxygens (including phenoxy) is 3. The van der Waals surface area contributed by atoms with Crippen LogP contribution in [0, 0.1) is 0 Å². The van der Waals surface area contributed by atoms with E-state index in [0.29, 0.717) is 56.1 Å². The fourth-order valence-electron chi connectivity index (χ4n) is 4.36. The molecular formula is C29H36O8. The summed E-state index contributed by atoms with van der Waals surface area (Å²) in [6.07, 6.45) is 5.40. The van der Waals surface area contributed by atoms with Gasteiger partial charge < -0.3 is 24.4 Å². The lowest BCUT2D eigenvalue weighted by Gasteiger charge is -2.22. The highest BCUT2D eigenvalue weighted by Crippen LogP contribution is 2.36. The van der Waals surface area contributed by atoms with Crippen LogP contribution in [0.15, 0.2) is 30.3 Å². The number of carboxylic acids is 2. The average molecular weight is 513 g/mol. The van der Waals surface area contributed by atoms with Gasteiger partial charge in [0.25, 0.3) is 0 Å². The highest BCUT2D eigenvalue weighted by Gasteiger charge is 2.23. The molecule has 0 aliphatic carbocycles. The largest absolute Gasteiger partial charge is 0.493 e. The van der Waals surface area contributed by atoms with Crippen LogP contribution in [0.4, 0.5) is 0 Å². The number of benzene rings is 2. The van der Waals surface area contributed by atoms with Crippen molar-refractivity contribution in [3.63, 3.8) is 0 Å². The molecule has 0 spiro atoms. The van der Waals surface area contributed by atoms with Gasteiger partial charge >= 0.3 is 11.9 Å². The van der Waals surface area contributed by atoms with Crippen LogP contribution in [0.5, 0.6) is 17.2 Å². The Kier molecular flexibility index (Phi) is 10.8. The third-order valence-corrected chi connectivity index (χ3v) is 6.26. The minimum absolute atomic E-state index is 0.0159. The van der Waals surface area contributed by atoms with Gasteiger partial charge in [-0.2, -0.15) is 0 Å². The van der Waals surface area contributed by atoms with Crippen molar-refractivity contribution in [1.82, 2.24) is 0 Å². The second-order valence-corrected chi connectivity index (χ2v) is 9.18. The smallest absolute Gasteiger partial charge is 0.303 e. The molecule has 37 heavy (non-hydrogen) atoms. The Morgan fingerprint density at radius 3 is 2.27 bits per heavy atom. The zero-order valence-corrected chi connectivity index (χ0v) is 21.4. The third-order valence-electron chi connectivity index (χ3n) is 6.26. The fourth-order valence-corrected chi connectivity index (χ4v) is 4.36. The Morgan fingerprint density at radius 1 is 0.892 bits per heavy atom. The summed E-state index contributed by atoms with van der Waals surface area (Å²) in [5.74, 6) is 0.457. The van der Waals surface area contributed by atoms with E-state index in [1.54, 1.807) is 12.1 Å². The maximum absolute atomic E-state index is 12.2. The Labute approximate surface area is 217 Å².